The van der Waals surface area contributed by atoms with Crippen LogP contribution in [0.1, 0.15) is 22.8 Å². The second-order valence-corrected chi connectivity index (χ2v) is 4.11. The summed E-state index contributed by atoms with van der Waals surface area (Å²) in [6, 6.07) is 3.81. The van der Waals surface area contributed by atoms with Crippen molar-refractivity contribution in [3.63, 3.8) is 0 Å². The van der Waals surface area contributed by atoms with Gasteiger partial charge in [0.2, 0.25) is 0 Å². The van der Waals surface area contributed by atoms with Gasteiger partial charge in [0.25, 0.3) is 0 Å². The summed E-state index contributed by atoms with van der Waals surface area (Å²) in [6.07, 6.45) is 3.28. The number of aromatic carboxylic acids is 1. The first kappa shape index (κ1) is 13.1. The zero-order valence-electron chi connectivity index (χ0n) is 10.3. The zero-order chi connectivity index (χ0) is 14.0. The topological polar surface area (TPSA) is 64.2 Å². The molecule has 0 aliphatic rings. The van der Waals surface area contributed by atoms with E-state index in [1.54, 1.807) is 12.4 Å². The van der Waals surface area contributed by atoms with Gasteiger partial charge in [-0.15, -0.1) is 0 Å². The number of aryl methyl sites for hydroxylation is 1. The van der Waals surface area contributed by atoms with E-state index in [1.807, 2.05) is 6.92 Å². The Labute approximate surface area is 108 Å². The van der Waals surface area contributed by atoms with Crippen molar-refractivity contribution in [2.75, 3.05) is 0 Å². The highest BCUT2D eigenvalue weighted by atomic mass is 19.1. The summed E-state index contributed by atoms with van der Waals surface area (Å²) in [4.78, 5) is 22.7. The minimum absolute atomic E-state index is 0.177. The molecule has 0 spiro atoms. The average Bonchev–Trinajstić information content (AvgIpc) is 2.72. The standard InChI is InChI=1S/C13H13FN2O3/c1-2-15-5-6-16(13(15)19)8-9-3-4-11(14)10(7-9)12(17)18/h3-7H,2,8H2,1H3,(H,17,18). The molecule has 0 radical (unpaired) electrons. The number of carboxylic acids is 1. The molecule has 0 aliphatic carbocycles. The third-order valence-corrected chi connectivity index (χ3v) is 2.87. The van der Waals surface area contributed by atoms with Crippen LogP contribution in [-0.2, 0) is 13.1 Å². The average molecular weight is 264 g/mol. The quantitative estimate of drug-likeness (QED) is 0.911. The number of aromatic nitrogens is 2. The lowest BCUT2D eigenvalue weighted by Gasteiger charge is -2.04. The summed E-state index contributed by atoms with van der Waals surface area (Å²) in [5.74, 6) is -2.10. The molecule has 0 amide bonds. The molecule has 0 atom stereocenters. The van der Waals surface area contributed by atoms with Crippen LogP contribution in [-0.4, -0.2) is 20.2 Å². The van der Waals surface area contributed by atoms with E-state index in [0.717, 1.165) is 6.07 Å². The lowest BCUT2D eigenvalue weighted by atomic mass is 10.1. The van der Waals surface area contributed by atoms with Gasteiger partial charge in [-0.25, -0.2) is 14.0 Å². The molecule has 0 aliphatic heterocycles. The third-order valence-electron chi connectivity index (χ3n) is 2.87. The molecular weight excluding hydrogens is 251 g/mol. The molecule has 1 heterocycles. The van der Waals surface area contributed by atoms with Gasteiger partial charge in [-0.1, -0.05) is 6.07 Å². The minimum Gasteiger partial charge on any atom is -0.478 e. The van der Waals surface area contributed by atoms with Crippen molar-refractivity contribution >= 4 is 5.97 Å². The van der Waals surface area contributed by atoms with Crippen molar-refractivity contribution in [3.05, 3.63) is 58.0 Å². The summed E-state index contributed by atoms with van der Waals surface area (Å²) in [7, 11) is 0. The summed E-state index contributed by atoms with van der Waals surface area (Å²) >= 11 is 0. The highest BCUT2D eigenvalue weighted by molar-refractivity contribution is 5.88. The molecule has 0 unspecified atom stereocenters. The van der Waals surface area contributed by atoms with Gasteiger partial charge in [-0.05, 0) is 24.6 Å². The summed E-state index contributed by atoms with van der Waals surface area (Å²) in [6.45, 7) is 2.63. The molecule has 1 aromatic heterocycles. The molecular formula is C13H13FN2O3. The van der Waals surface area contributed by atoms with Crippen LogP contribution >= 0.6 is 0 Å². The molecule has 6 heteroatoms. The second-order valence-electron chi connectivity index (χ2n) is 4.11. The van der Waals surface area contributed by atoms with E-state index in [2.05, 4.69) is 0 Å². The molecule has 0 bridgehead atoms. The molecule has 0 saturated heterocycles. The molecule has 0 saturated carbocycles. The Hall–Kier alpha value is -2.37. The molecule has 100 valence electrons. The third kappa shape index (κ3) is 2.57. The highest BCUT2D eigenvalue weighted by Gasteiger charge is 2.11. The van der Waals surface area contributed by atoms with E-state index in [4.69, 9.17) is 5.11 Å². The van der Waals surface area contributed by atoms with Gasteiger partial charge >= 0.3 is 11.7 Å². The van der Waals surface area contributed by atoms with E-state index >= 15 is 0 Å². The van der Waals surface area contributed by atoms with Gasteiger partial charge in [-0.3, -0.25) is 9.13 Å². The molecule has 5 nitrogen and oxygen atoms in total. The SMILES string of the molecule is CCn1ccn(Cc2ccc(F)c(C(=O)O)c2)c1=O. The lowest BCUT2D eigenvalue weighted by molar-refractivity contribution is 0.0691. The largest absolute Gasteiger partial charge is 0.478 e. The molecule has 2 rings (SSSR count). The van der Waals surface area contributed by atoms with Crippen LogP contribution in [0.5, 0.6) is 0 Å². The van der Waals surface area contributed by atoms with E-state index in [-0.39, 0.29) is 17.8 Å². The van der Waals surface area contributed by atoms with E-state index < -0.39 is 11.8 Å². The number of carboxylic acid groups (broad SMARTS) is 1. The Kier molecular flexibility index (Phi) is 3.50. The predicted octanol–water partition coefficient (Wildman–Crippen LogP) is 1.56. The van der Waals surface area contributed by atoms with Crippen molar-refractivity contribution in [2.24, 2.45) is 0 Å². The fraction of sp³-hybridized carbons (Fsp3) is 0.231. The molecule has 19 heavy (non-hydrogen) atoms. The van der Waals surface area contributed by atoms with Gasteiger partial charge in [-0.2, -0.15) is 0 Å². The summed E-state index contributed by atoms with van der Waals surface area (Å²) < 4.78 is 16.2. The first-order chi connectivity index (χ1) is 9.02. The fourth-order valence-corrected chi connectivity index (χ4v) is 1.85. The number of imidazole rings is 1. The Bertz CT molecular complexity index is 673. The van der Waals surface area contributed by atoms with E-state index in [1.165, 1.54) is 21.3 Å². The first-order valence-corrected chi connectivity index (χ1v) is 5.80. The van der Waals surface area contributed by atoms with Crippen LogP contribution in [0.2, 0.25) is 0 Å². The predicted molar refractivity (Wildman–Crippen MR) is 66.8 cm³/mol. The Morgan fingerprint density at radius 2 is 2.00 bits per heavy atom. The number of rotatable bonds is 4. The van der Waals surface area contributed by atoms with Crippen LogP contribution < -0.4 is 5.69 Å². The second kappa shape index (κ2) is 5.09. The zero-order valence-corrected chi connectivity index (χ0v) is 10.3. The van der Waals surface area contributed by atoms with Gasteiger partial charge in [0.1, 0.15) is 5.82 Å². The fourth-order valence-electron chi connectivity index (χ4n) is 1.85. The number of halogens is 1. The van der Waals surface area contributed by atoms with Gasteiger partial charge in [0.05, 0.1) is 12.1 Å². The van der Waals surface area contributed by atoms with E-state index in [0.29, 0.717) is 12.1 Å². The monoisotopic (exact) mass is 264 g/mol. The normalized spacial score (nSPS) is 10.6. The van der Waals surface area contributed by atoms with Crippen molar-refractivity contribution in [3.8, 4) is 0 Å². The van der Waals surface area contributed by atoms with Crippen molar-refractivity contribution < 1.29 is 14.3 Å². The molecule has 0 fully saturated rings. The highest BCUT2D eigenvalue weighted by Crippen LogP contribution is 2.11. The Balaban J connectivity index is 2.33. The maximum Gasteiger partial charge on any atom is 0.338 e. The maximum absolute atomic E-state index is 13.2. The number of carbonyl (C=O) groups is 1. The number of nitrogens with zero attached hydrogens (tertiary/aromatic N) is 2. The van der Waals surface area contributed by atoms with Gasteiger partial charge in [0.15, 0.2) is 0 Å². The number of hydrogen-bond donors (Lipinski definition) is 1. The van der Waals surface area contributed by atoms with Crippen molar-refractivity contribution in [1.82, 2.24) is 9.13 Å². The number of benzene rings is 1. The summed E-state index contributed by atoms with van der Waals surface area (Å²) in [5.41, 5.74) is -0.000994. The molecule has 1 aromatic carbocycles. The van der Waals surface area contributed by atoms with Crippen LogP contribution in [0.3, 0.4) is 0 Å². The first-order valence-electron chi connectivity index (χ1n) is 5.80. The summed E-state index contributed by atoms with van der Waals surface area (Å²) in [5, 5.41) is 8.84. The van der Waals surface area contributed by atoms with Crippen molar-refractivity contribution in [2.45, 2.75) is 20.0 Å². The molecule has 1 N–H and O–H groups in total. The maximum atomic E-state index is 13.2. The molecule has 2 aromatic rings. The van der Waals surface area contributed by atoms with Crippen LogP contribution in [0.25, 0.3) is 0 Å². The van der Waals surface area contributed by atoms with E-state index in [9.17, 15) is 14.0 Å². The van der Waals surface area contributed by atoms with Crippen LogP contribution in [0.4, 0.5) is 4.39 Å². The smallest absolute Gasteiger partial charge is 0.338 e. The number of hydrogen-bond acceptors (Lipinski definition) is 2. The van der Waals surface area contributed by atoms with Crippen LogP contribution in [0, 0.1) is 5.82 Å². The Morgan fingerprint density at radius 1 is 1.32 bits per heavy atom. The van der Waals surface area contributed by atoms with Gasteiger partial charge in [0, 0.05) is 18.9 Å². The lowest BCUT2D eigenvalue weighted by Crippen LogP contribution is -2.23. The van der Waals surface area contributed by atoms with Gasteiger partial charge < -0.3 is 5.11 Å². The van der Waals surface area contributed by atoms with Crippen LogP contribution in [0.15, 0.2) is 35.4 Å². The Morgan fingerprint density at radius 3 is 2.58 bits per heavy atom. The minimum atomic E-state index is -1.32. The van der Waals surface area contributed by atoms with Crippen molar-refractivity contribution in [1.29, 1.82) is 0 Å².